The number of hydrogen-bond donors (Lipinski definition) is 2. The van der Waals surface area contributed by atoms with E-state index in [9.17, 15) is 14.9 Å². The number of ether oxygens (including phenoxy) is 1. The Balaban J connectivity index is 2.98. The fraction of sp³-hybridized carbons (Fsp3) is 0.400. The molecule has 1 unspecified atom stereocenters. The van der Waals surface area contributed by atoms with Crippen molar-refractivity contribution in [2.24, 2.45) is 0 Å². The largest absolute Gasteiger partial charge is 0.394 e. The molecular formula is C10H12ClN3O5. The number of aliphatic hydroxyl groups is 1. The van der Waals surface area contributed by atoms with Gasteiger partial charge in [-0.3, -0.25) is 14.9 Å². The van der Waals surface area contributed by atoms with Gasteiger partial charge in [0, 0.05) is 7.11 Å². The first kappa shape index (κ1) is 15.3. The van der Waals surface area contributed by atoms with Gasteiger partial charge in [-0.05, 0) is 6.07 Å². The van der Waals surface area contributed by atoms with E-state index >= 15 is 0 Å². The van der Waals surface area contributed by atoms with Crippen LogP contribution in [0.3, 0.4) is 0 Å². The van der Waals surface area contributed by atoms with Crippen LogP contribution < -0.4 is 5.32 Å². The van der Waals surface area contributed by atoms with Gasteiger partial charge < -0.3 is 15.2 Å². The molecule has 9 heteroatoms. The number of aromatic nitrogens is 1. The van der Waals surface area contributed by atoms with E-state index in [-0.39, 0.29) is 23.9 Å². The quantitative estimate of drug-likeness (QED) is 0.444. The molecule has 0 aliphatic heterocycles. The van der Waals surface area contributed by atoms with Gasteiger partial charge in [0.25, 0.3) is 11.6 Å². The van der Waals surface area contributed by atoms with Crippen molar-refractivity contribution in [2.75, 3.05) is 20.3 Å². The van der Waals surface area contributed by atoms with Gasteiger partial charge in [-0.15, -0.1) is 0 Å². The third-order valence-electron chi connectivity index (χ3n) is 2.21. The highest BCUT2D eigenvalue weighted by molar-refractivity contribution is 6.29. The molecule has 0 bridgehead atoms. The van der Waals surface area contributed by atoms with E-state index in [2.05, 4.69) is 10.3 Å². The molecule has 1 aromatic rings. The number of rotatable bonds is 6. The topological polar surface area (TPSA) is 115 Å². The summed E-state index contributed by atoms with van der Waals surface area (Å²) in [6.07, 6.45) is 0.904. The molecule has 8 nitrogen and oxygen atoms in total. The number of halogens is 1. The Labute approximate surface area is 113 Å². The number of aliphatic hydroxyl groups excluding tert-OH is 1. The van der Waals surface area contributed by atoms with E-state index in [1.165, 1.54) is 7.11 Å². The van der Waals surface area contributed by atoms with Crippen LogP contribution in [-0.4, -0.2) is 47.3 Å². The molecule has 1 heterocycles. The highest BCUT2D eigenvalue weighted by atomic mass is 35.5. The van der Waals surface area contributed by atoms with Gasteiger partial charge >= 0.3 is 0 Å². The van der Waals surface area contributed by atoms with Crippen LogP contribution in [0, 0.1) is 10.1 Å². The summed E-state index contributed by atoms with van der Waals surface area (Å²) in [5.74, 6) is -0.730. The zero-order valence-electron chi connectivity index (χ0n) is 10.00. The van der Waals surface area contributed by atoms with Crippen molar-refractivity contribution in [1.29, 1.82) is 0 Å². The molecule has 0 aromatic carbocycles. The second kappa shape index (κ2) is 6.98. The van der Waals surface area contributed by atoms with E-state index < -0.39 is 22.6 Å². The van der Waals surface area contributed by atoms with E-state index in [4.69, 9.17) is 21.4 Å². The SMILES string of the molecule is COCC(CO)NC(=O)c1cc(Cl)ncc1[N+](=O)[O-]. The van der Waals surface area contributed by atoms with Gasteiger partial charge in [-0.25, -0.2) is 4.98 Å². The van der Waals surface area contributed by atoms with Crippen LogP contribution in [0.15, 0.2) is 12.3 Å². The first-order valence-corrected chi connectivity index (χ1v) is 5.58. The Morgan fingerprint density at radius 3 is 2.95 bits per heavy atom. The fourth-order valence-corrected chi connectivity index (χ4v) is 1.51. The lowest BCUT2D eigenvalue weighted by molar-refractivity contribution is -0.385. The number of nitrogens with zero attached hydrogens (tertiary/aromatic N) is 2. The van der Waals surface area contributed by atoms with Crippen molar-refractivity contribution in [3.05, 3.63) is 33.1 Å². The summed E-state index contributed by atoms with van der Waals surface area (Å²) < 4.78 is 4.79. The fourth-order valence-electron chi connectivity index (χ4n) is 1.35. The molecule has 0 spiro atoms. The van der Waals surface area contributed by atoms with E-state index in [1.54, 1.807) is 0 Å². The summed E-state index contributed by atoms with van der Waals surface area (Å²) in [5, 5.41) is 22.2. The number of carbonyl (C=O) groups excluding carboxylic acids is 1. The predicted octanol–water partition coefficient (Wildman–Crippen LogP) is 0.380. The molecule has 0 saturated heterocycles. The summed E-state index contributed by atoms with van der Waals surface area (Å²) in [6.45, 7) is -0.277. The minimum Gasteiger partial charge on any atom is -0.394 e. The van der Waals surface area contributed by atoms with Gasteiger partial charge in [0.2, 0.25) is 0 Å². The number of carbonyl (C=O) groups is 1. The summed E-state index contributed by atoms with van der Waals surface area (Å²) in [6, 6.07) is 0.431. The number of amides is 1. The minimum atomic E-state index is -0.734. The average Bonchev–Trinajstić information content (AvgIpc) is 2.37. The Morgan fingerprint density at radius 2 is 2.42 bits per heavy atom. The maximum atomic E-state index is 11.9. The van der Waals surface area contributed by atoms with Crippen LogP contribution in [-0.2, 0) is 4.74 Å². The van der Waals surface area contributed by atoms with Crippen LogP contribution >= 0.6 is 11.6 Å². The first-order valence-electron chi connectivity index (χ1n) is 5.20. The predicted molar refractivity (Wildman–Crippen MR) is 66.1 cm³/mol. The maximum absolute atomic E-state index is 11.9. The highest BCUT2D eigenvalue weighted by Crippen LogP contribution is 2.20. The molecule has 1 atom stereocenters. The van der Waals surface area contributed by atoms with Gasteiger partial charge in [0.15, 0.2) is 0 Å². The highest BCUT2D eigenvalue weighted by Gasteiger charge is 2.23. The van der Waals surface area contributed by atoms with Crippen LogP contribution in [0.1, 0.15) is 10.4 Å². The Bertz CT molecular complexity index is 482. The summed E-state index contributed by atoms with van der Waals surface area (Å²) in [7, 11) is 1.40. The Kier molecular flexibility index (Phi) is 5.61. The van der Waals surface area contributed by atoms with E-state index in [0.29, 0.717) is 0 Å². The molecule has 0 saturated carbocycles. The molecule has 1 aromatic heterocycles. The summed E-state index contributed by atoms with van der Waals surface area (Å²) in [5.41, 5.74) is -0.685. The first-order chi connectivity index (χ1) is 8.99. The Morgan fingerprint density at radius 1 is 1.74 bits per heavy atom. The van der Waals surface area contributed by atoms with E-state index in [0.717, 1.165) is 12.3 Å². The monoisotopic (exact) mass is 289 g/mol. The molecule has 2 N–H and O–H groups in total. The van der Waals surface area contributed by atoms with Gasteiger partial charge in [-0.1, -0.05) is 11.6 Å². The van der Waals surface area contributed by atoms with Crippen molar-refractivity contribution in [2.45, 2.75) is 6.04 Å². The molecule has 0 fully saturated rings. The minimum absolute atomic E-state index is 0.0389. The lowest BCUT2D eigenvalue weighted by atomic mass is 10.2. The lowest BCUT2D eigenvalue weighted by Gasteiger charge is -2.15. The molecule has 0 aliphatic carbocycles. The number of nitrogens with one attached hydrogen (secondary N) is 1. The van der Waals surface area contributed by atoms with Crippen LogP contribution in [0.25, 0.3) is 0 Å². The van der Waals surface area contributed by atoms with Gasteiger partial charge in [0.05, 0.1) is 24.2 Å². The molecule has 0 radical (unpaired) electrons. The number of hydrogen-bond acceptors (Lipinski definition) is 6. The standard InChI is InChI=1S/C10H12ClN3O5/c1-19-5-6(4-15)13-10(16)7-2-9(11)12-3-8(7)14(17)18/h2-3,6,15H,4-5H2,1H3,(H,13,16). The molecule has 1 rings (SSSR count). The average molecular weight is 290 g/mol. The number of methoxy groups -OCH3 is 1. The van der Waals surface area contributed by atoms with Gasteiger partial charge in [0.1, 0.15) is 16.9 Å². The number of nitro groups is 1. The lowest BCUT2D eigenvalue weighted by Crippen LogP contribution is -2.40. The van der Waals surface area contributed by atoms with Crippen LogP contribution in [0.5, 0.6) is 0 Å². The van der Waals surface area contributed by atoms with Crippen molar-refractivity contribution < 1.29 is 19.6 Å². The summed E-state index contributed by atoms with van der Waals surface area (Å²) in [4.78, 5) is 25.5. The molecule has 1 amide bonds. The zero-order valence-corrected chi connectivity index (χ0v) is 10.8. The third kappa shape index (κ3) is 4.12. The normalized spacial score (nSPS) is 11.9. The van der Waals surface area contributed by atoms with Crippen molar-refractivity contribution in [3.63, 3.8) is 0 Å². The molecule has 0 aliphatic rings. The smallest absolute Gasteiger partial charge is 0.300 e. The summed E-state index contributed by atoms with van der Waals surface area (Å²) >= 11 is 5.61. The number of pyridine rings is 1. The van der Waals surface area contributed by atoms with Crippen molar-refractivity contribution in [1.82, 2.24) is 10.3 Å². The third-order valence-corrected chi connectivity index (χ3v) is 2.42. The van der Waals surface area contributed by atoms with Gasteiger partial charge in [-0.2, -0.15) is 0 Å². The molecule has 19 heavy (non-hydrogen) atoms. The maximum Gasteiger partial charge on any atom is 0.300 e. The van der Waals surface area contributed by atoms with Crippen LogP contribution in [0.2, 0.25) is 5.15 Å². The van der Waals surface area contributed by atoms with Crippen molar-refractivity contribution in [3.8, 4) is 0 Å². The molecule has 104 valence electrons. The van der Waals surface area contributed by atoms with Crippen molar-refractivity contribution >= 4 is 23.2 Å². The zero-order chi connectivity index (χ0) is 14.4. The van der Waals surface area contributed by atoms with E-state index in [1.807, 2.05) is 0 Å². The second-order valence-electron chi connectivity index (χ2n) is 3.59. The Hall–Kier alpha value is -1.77. The molecular weight excluding hydrogens is 278 g/mol. The van der Waals surface area contributed by atoms with Crippen LogP contribution in [0.4, 0.5) is 5.69 Å². The second-order valence-corrected chi connectivity index (χ2v) is 3.98.